The van der Waals surface area contributed by atoms with Gasteiger partial charge in [0.25, 0.3) is 5.91 Å². The van der Waals surface area contributed by atoms with Gasteiger partial charge in [-0.3, -0.25) is 9.78 Å². The number of carbonyl (C=O) groups excluding carboxylic acids is 1. The van der Waals surface area contributed by atoms with E-state index in [2.05, 4.69) is 15.5 Å². The van der Waals surface area contributed by atoms with Gasteiger partial charge in [-0.2, -0.15) is 18.3 Å². The minimum atomic E-state index is -4.43. The Morgan fingerprint density at radius 1 is 1.12 bits per heavy atom. The van der Waals surface area contributed by atoms with Crippen LogP contribution in [0.4, 0.5) is 13.2 Å². The van der Waals surface area contributed by atoms with Crippen molar-refractivity contribution in [2.45, 2.75) is 6.18 Å². The van der Waals surface area contributed by atoms with E-state index in [4.69, 9.17) is 4.42 Å². The number of nitrogens with zero attached hydrogens (tertiary/aromatic N) is 2. The maximum Gasteiger partial charge on any atom is 0.416 e. The summed E-state index contributed by atoms with van der Waals surface area (Å²) in [7, 11) is 0. The zero-order valence-corrected chi connectivity index (χ0v) is 13.2. The Bertz CT molecular complexity index is 934. The smallest absolute Gasteiger partial charge is 0.416 e. The lowest BCUT2D eigenvalue weighted by molar-refractivity contribution is -0.137. The molecule has 8 heteroatoms. The lowest BCUT2D eigenvalue weighted by Gasteiger charge is -2.07. The number of aromatic nitrogens is 1. The van der Waals surface area contributed by atoms with Crippen LogP contribution in [0.15, 0.2) is 70.3 Å². The van der Waals surface area contributed by atoms with E-state index in [1.807, 2.05) is 0 Å². The van der Waals surface area contributed by atoms with E-state index in [0.29, 0.717) is 0 Å². The van der Waals surface area contributed by atoms with Gasteiger partial charge in [0.2, 0.25) is 0 Å². The Labute approximate surface area is 146 Å². The van der Waals surface area contributed by atoms with Crippen LogP contribution in [-0.4, -0.2) is 17.1 Å². The highest BCUT2D eigenvalue weighted by molar-refractivity contribution is 5.92. The molecule has 0 saturated carbocycles. The monoisotopic (exact) mass is 359 g/mol. The van der Waals surface area contributed by atoms with Crippen molar-refractivity contribution in [1.82, 2.24) is 10.4 Å². The van der Waals surface area contributed by atoms with Gasteiger partial charge in [0.05, 0.1) is 11.8 Å². The van der Waals surface area contributed by atoms with Gasteiger partial charge in [0.1, 0.15) is 17.2 Å². The number of hydrogen-bond donors (Lipinski definition) is 1. The Morgan fingerprint density at radius 3 is 2.69 bits per heavy atom. The van der Waals surface area contributed by atoms with Crippen LogP contribution in [0.25, 0.3) is 11.3 Å². The molecule has 1 amide bonds. The van der Waals surface area contributed by atoms with Crippen molar-refractivity contribution in [3.63, 3.8) is 0 Å². The molecule has 2 aromatic heterocycles. The number of benzene rings is 1. The molecule has 2 heterocycles. The van der Waals surface area contributed by atoms with Crippen molar-refractivity contribution in [3.05, 3.63) is 77.8 Å². The molecule has 0 atom stereocenters. The third-order valence-electron chi connectivity index (χ3n) is 3.36. The fourth-order valence-electron chi connectivity index (χ4n) is 2.14. The minimum Gasteiger partial charge on any atom is -0.455 e. The molecule has 0 aliphatic heterocycles. The molecule has 3 rings (SSSR count). The molecule has 0 aliphatic rings. The number of pyridine rings is 1. The number of halogens is 3. The molecule has 1 N–H and O–H groups in total. The zero-order chi connectivity index (χ0) is 18.6. The van der Waals surface area contributed by atoms with Crippen LogP contribution in [-0.2, 0) is 6.18 Å². The van der Waals surface area contributed by atoms with Crippen molar-refractivity contribution in [2.24, 2.45) is 5.10 Å². The van der Waals surface area contributed by atoms with Crippen LogP contribution in [0, 0.1) is 0 Å². The predicted octanol–water partition coefficient (Wildman–Crippen LogP) is 4.12. The molecule has 132 valence electrons. The van der Waals surface area contributed by atoms with Crippen LogP contribution in [0.2, 0.25) is 0 Å². The molecule has 0 radical (unpaired) electrons. The van der Waals surface area contributed by atoms with Crippen LogP contribution in [0.5, 0.6) is 0 Å². The first-order valence-electron chi connectivity index (χ1n) is 7.45. The van der Waals surface area contributed by atoms with Crippen LogP contribution >= 0.6 is 0 Å². The fraction of sp³-hybridized carbons (Fsp3) is 0.0556. The van der Waals surface area contributed by atoms with Crippen LogP contribution < -0.4 is 5.43 Å². The quantitative estimate of drug-likeness (QED) is 0.563. The summed E-state index contributed by atoms with van der Waals surface area (Å²) >= 11 is 0. The number of furan rings is 1. The Hall–Kier alpha value is -3.42. The summed E-state index contributed by atoms with van der Waals surface area (Å²) in [5.41, 5.74) is 2.02. The molecule has 0 bridgehead atoms. The topological polar surface area (TPSA) is 67.5 Å². The third-order valence-corrected chi connectivity index (χ3v) is 3.36. The second-order valence-electron chi connectivity index (χ2n) is 5.19. The normalized spacial score (nSPS) is 11.7. The fourth-order valence-corrected chi connectivity index (χ4v) is 2.14. The van der Waals surface area contributed by atoms with E-state index < -0.39 is 17.6 Å². The Kier molecular flexibility index (Phi) is 4.83. The van der Waals surface area contributed by atoms with Gasteiger partial charge in [0.15, 0.2) is 0 Å². The minimum absolute atomic E-state index is 0.203. The molecule has 5 nitrogen and oxygen atoms in total. The van der Waals surface area contributed by atoms with Gasteiger partial charge >= 0.3 is 6.18 Å². The van der Waals surface area contributed by atoms with E-state index in [9.17, 15) is 18.0 Å². The summed E-state index contributed by atoms with van der Waals surface area (Å²) in [6.07, 6.45) is -1.70. The van der Waals surface area contributed by atoms with E-state index >= 15 is 0 Å². The number of hydrazone groups is 1. The first kappa shape index (κ1) is 17.4. The predicted molar refractivity (Wildman–Crippen MR) is 88.4 cm³/mol. The first-order valence-corrected chi connectivity index (χ1v) is 7.45. The van der Waals surface area contributed by atoms with Gasteiger partial charge < -0.3 is 4.42 Å². The number of rotatable bonds is 4. The highest BCUT2D eigenvalue weighted by Gasteiger charge is 2.30. The highest BCUT2D eigenvalue weighted by Crippen LogP contribution is 2.32. The third kappa shape index (κ3) is 4.15. The van der Waals surface area contributed by atoms with E-state index in [-0.39, 0.29) is 22.8 Å². The molecule has 0 fully saturated rings. The lowest BCUT2D eigenvalue weighted by Crippen LogP contribution is -2.18. The SMILES string of the molecule is O=C(N/N=C\c1ccc(-c2cccc(C(F)(F)F)c2)o1)c1ccccn1. The van der Waals surface area contributed by atoms with Crippen molar-refractivity contribution < 1.29 is 22.4 Å². The summed E-state index contributed by atoms with van der Waals surface area (Å²) in [5.74, 6) is 0.0406. The Balaban J connectivity index is 1.69. The van der Waals surface area contributed by atoms with E-state index in [1.54, 1.807) is 12.1 Å². The molecule has 26 heavy (non-hydrogen) atoms. The summed E-state index contributed by atoms with van der Waals surface area (Å²) in [6.45, 7) is 0. The second-order valence-corrected chi connectivity index (χ2v) is 5.19. The van der Waals surface area contributed by atoms with Gasteiger partial charge in [0, 0.05) is 11.8 Å². The summed E-state index contributed by atoms with van der Waals surface area (Å²) in [5, 5.41) is 3.74. The largest absolute Gasteiger partial charge is 0.455 e. The molecule has 3 aromatic rings. The number of hydrogen-bond acceptors (Lipinski definition) is 4. The number of carbonyl (C=O) groups is 1. The number of alkyl halides is 3. The van der Waals surface area contributed by atoms with Crippen molar-refractivity contribution in [1.29, 1.82) is 0 Å². The standard InChI is InChI=1S/C18H12F3N3O2/c19-18(20,21)13-5-3-4-12(10-13)16-8-7-14(26-16)11-23-24-17(25)15-6-1-2-9-22-15/h1-11H,(H,24,25)/b23-11-. The summed E-state index contributed by atoms with van der Waals surface area (Å²) in [6, 6.07) is 12.7. The van der Waals surface area contributed by atoms with Crippen molar-refractivity contribution >= 4 is 12.1 Å². The Morgan fingerprint density at radius 2 is 1.96 bits per heavy atom. The molecule has 0 aliphatic carbocycles. The number of amides is 1. The maximum absolute atomic E-state index is 12.8. The van der Waals surface area contributed by atoms with Gasteiger partial charge in [-0.25, -0.2) is 5.43 Å². The zero-order valence-electron chi connectivity index (χ0n) is 13.2. The maximum atomic E-state index is 12.8. The van der Waals surface area contributed by atoms with E-state index in [0.717, 1.165) is 12.1 Å². The lowest BCUT2D eigenvalue weighted by atomic mass is 10.1. The summed E-state index contributed by atoms with van der Waals surface area (Å²) < 4.78 is 43.8. The van der Waals surface area contributed by atoms with E-state index in [1.165, 1.54) is 42.7 Å². The van der Waals surface area contributed by atoms with Crippen molar-refractivity contribution in [3.8, 4) is 11.3 Å². The average molecular weight is 359 g/mol. The summed E-state index contributed by atoms with van der Waals surface area (Å²) in [4.78, 5) is 15.6. The van der Waals surface area contributed by atoms with Crippen LogP contribution in [0.3, 0.4) is 0 Å². The molecule has 0 spiro atoms. The molecule has 0 unspecified atom stereocenters. The first-order chi connectivity index (χ1) is 12.4. The van der Waals surface area contributed by atoms with Crippen LogP contribution in [0.1, 0.15) is 21.8 Å². The van der Waals surface area contributed by atoms with Crippen molar-refractivity contribution in [2.75, 3.05) is 0 Å². The van der Waals surface area contributed by atoms with Gasteiger partial charge in [-0.1, -0.05) is 18.2 Å². The molecular weight excluding hydrogens is 347 g/mol. The number of nitrogens with one attached hydrogen (secondary N) is 1. The molecule has 0 saturated heterocycles. The average Bonchev–Trinajstić information content (AvgIpc) is 3.11. The van der Waals surface area contributed by atoms with Gasteiger partial charge in [-0.05, 0) is 36.4 Å². The molecule has 1 aromatic carbocycles. The second kappa shape index (κ2) is 7.22. The van der Waals surface area contributed by atoms with Gasteiger partial charge in [-0.15, -0.1) is 0 Å². The highest BCUT2D eigenvalue weighted by atomic mass is 19.4. The molecular formula is C18H12F3N3O2.